The number of thioether (sulfide) groups is 1. The van der Waals surface area contributed by atoms with E-state index in [-0.39, 0.29) is 0 Å². The van der Waals surface area contributed by atoms with Crippen molar-refractivity contribution in [2.75, 3.05) is 26.0 Å². The van der Waals surface area contributed by atoms with Crippen molar-refractivity contribution >= 4 is 11.8 Å². The van der Waals surface area contributed by atoms with Gasteiger partial charge >= 0.3 is 0 Å². The molecule has 0 saturated carbocycles. The maximum atomic E-state index is 5.36. The van der Waals surface area contributed by atoms with Crippen molar-refractivity contribution in [2.24, 2.45) is 0 Å². The molecule has 0 amide bonds. The number of hydrogen-bond acceptors (Lipinski definition) is 3. The standard InChI is InChI=1S/C16H25NOS/c1-3-9-17-10-11-19-16-6-4-5-13-7-8-14(18-2)12-15(13)16/h7-8,12,16-17H,3-6,9-11H2,1-2H3. The molecule has 19 heavy (non-hydrogen) atoms. The van der Waals surface area contributed by atoms with Gasteiger partial charge in [0.05, 0.1) is 7.11 Å². The van der Waals surface area contributed by atoms with E-state index in [2.05, 4.69) is 42.2 Å². The maximum Gasteiger partial charge on any atom is 0.119 e. The molecule has 0 saturated heterocycles. The number of methoxy groups -OCH3 is 1. The Morgan fingerprint density at radius 1 is 1.37 bits per heavy atom. The zero-order valence-corrected chi connectivity index (χ0v) is 12.9. The molecule has 1 aromatic rings. The average molecular weight is 279 g/mol. The summed E-state index contributed by atoms with van der Waals surface area (Å²) in [5.74, 6) is 2.19. The molecule has 0 spiro atoms. The van der Waals surface area contributed by atoms with Crippen molar-refractivity contribution in [1.29, 1.82) is 0 Å². The largest absolute Gasteiger partial charge is 0.497 e. The Hall–Kier alpha value is -0.670. The molecule has 106 valence electrons. The van der Waals surface area contributed by atoms with Crippen LogP contribution in [0.2, 0.25) is 0 Å². The number of benzene rings is 1. The van der Waals surface area contributed by atoms with Gasteiger partial charge in [-0.2, -0.15) is 11.8 Å². The van der Waals surface area contributed by atoms with E-state index in [1.165, 1.54) is 42.6 Å². The molecule has 0 aliphatic heterocycles. The lowest BCUT2D eigenvalue weighted by Gasteiger charge is -2.25. The summed E-state index contributed by atoms with van der Waals surface area (Å²) in [6.07, 6.45) is 5.07. The molecule has 0 aromatic heterocycles. The molecule has 2 nitrogen and oxygen atoms in total. The molecule has 3 heteroatoms. The number of aryl methyl sites for hydroxylation is 1. The monoisotopic (exact) mass is 279 g/mol. The van der Waals surface area contributed by atoms with Crippen molar-refractivity contribution in [3.63, 3.8) is 0 Å². The van der Waals surface area contributed by atoms with Gasteiger partial charge in [-0.05, 0) is 55.5 Å². The summed E-state index contributed by atoms with van der Waals surface area (Å²) >= 11 is 2.09. The van der Waals surface area contributed by atoms with Crippen LogP contribution in [-0.4, -0.2) is 26.0 Å². The molecular formula is C16H25NOS. The summed E-state index contributed by atoms with van der Waals surface area (Å²) in [5, 5.41) is 4.13. The van der Waals surface area contributed by atoms with Crippen LogP contribution >= 0.6 is 11.8 Å². The summed E-state index contributed by atoms with van der Waals surface area (Å²) in [7, 11) is 1.75. The minimum atomic E-state index is 0.655. The van der Waals surface area contributed by atoms with E-state index in [9.17, 15) is 0 Å². The second-order valence-electron chi connectivity index (χ2n) is 5.07. The van der Waals surface area contributed by atoms with Crippen LogP contribution < -0.4 is 10.1 Å². The third-order valence-electron chi connectivity index (χ3n) is 3.64. The first-order valence-electron chi connectivity index (χ1n) is 7.34. The summed E-state index contributed by atoms with van der Waals surface area (Å²) < 4.78 is 5.36. The quantitative estimate of drug-likeness (QED) is 0.767. The number of nitrogens with one attached hydrogen (secondary N) is 1. The first kappa shape index (κ1) is 14.7. The Morgan fingerprint density at radius 2 is 2.26 bits per heavy atom. The van der Waals surface area contributed by atoms with Gasteiger partial charge in [-0.25, -0.2) is 0 Å². The van der Waals surface area contributed by atoms with Crippen LogP contribution in [-0.2, 0) is 6.42 Å². The minimum absolute atomic E-state index is 0.655. The SMILES string of the molecule is CCCNCCSC1CCCc2ccc(OC)cc21. The van der Waals surface area contributed by atoms with Gasteiger partial charge in [-0.1, -0.05) is 13.0 Å². The molecule has 0 heterocycles. The van der Waals surface area contributed by atoms with Crippen LogP contribution in [0.3, 0.4) is 0 Å². The van der Waals surface area contributed by atoms with Crippen LogP contribution in [0.25, 0.3) is 0 Å². The molecule has 1 N–H and O–H groups in total. The second kappa shape index (κ2) is 7.81. The van der Waals surface area contributed by atoms with Crippen LogP contribution in [0.4, 0.5) is 0 Å². The number of hydrogen-bond donors (Lipinski definition) is 1. The van der Waals surface area contributed by atoms with E-state index < -0.39 is 0 Å². The molecule has 1 aliphatic carbocycles. The number of ether oxygens (including phenoxy) is 1. The van der Waals surface area contributed by atoms with Gasteiger partial charge < -0.3 is 10.1 Å². The maximum absolute atomic E-state index is 5.36. The van der Waals surface area contributed by atoms with E-state index in [4.69, 9.17) is 4.74 Å². The van der Waals surface area contributed by atoms with Crippen molar-refractivity contribution in [1.82, 2.24) is 5.32 Å². The summed E-state index contributed by atoms with van der Waals surface area (Å²) in [6, 6.07) is 6.58. The smallest absolute Gasteiger partial charge is 0.119 e. The van der Waals surface area contributed by atoms with Crippen molar-refractivity contribution in [3.05, 3.63) is 29.3 Å². The molecule has 1 aliphatic rings. The lowest BCUT2D eigenvalue weighted by Crippen LogP contribution is -2.18. The van der Waals surface area contributed by atoms with Gasteiger partial charge in [-0.3, -0.25) is 0 Å². The Labute approximate surface area is 121 Å². The molecular weight excluding hydrogens is 254 g/mol. The lowest BCUT2D eigenvalue weighted by molar-refractivity contribution is 0.413. The summed E-state index contributed by atoms with van der Waals surface area (Å²) in [6.45, 7) is 4.47. The van der Waals surface area contributed by atoms with Crippen LogP contribution in [0.15, 0.2) is 18.2 Å². The summed E-state index contributed by atoms with van der Waals surface area (Å²) in [4.78, 5) is 0. The van der Waals surface area contributed by atoms with E-state index in [1.54, 1.807) is 7.11 Å². The Bertz CT molecular complexity index is 394. The zero-order valence-electron chi connectivity index (χ0n) is 12.1. The lowest BCUT2D eigenvalue weighted by atomic mass is 9.91. The molecule has 0 fully saturated rings. The first-order valence-corrected chi connectivity index (χ1v) is 8.39. The van der Waals surface area contributed by atoms with Gasteiger partial charge in [0.1, 0.15) is 5.75 Å². The highest BCUT2D eigenvalue weighted by atomic mass is 32.2. The van der Waals surface area contributed by atoms with Crippen molar-refractivity contribution in [2.45, 2.75) is 37.9 Å². The topological polar surface area (TPSA) is 21.3 Å². The molecule has 0 radical (unpaired) electrons. The number of fused-ring (bicyclic) bond motifs is 1. The fourth-order valence-corrected chi connectivity index (χ4v) is 3.89. The molecule has 1 aromatic carbocycles. The van der Waals surface area contributed by atoms with E-state index in [0.29, 0.717) is 5.25 Å². The molecule has 1 atom stereocenters. The molecule has 1 unspecified atom stereocenters. The molecule has 0 bridgehead atoms. The highest BCUT2D eigenvalue weighted by Crippen LogP contribution is 2.40. The minimum Gasteiger partial charge on any atom is -0.497 e. The second-order valence-corrected chi connectivity index (χ2v) is 6.38. The predicted octanol–water partition coefficient (Wildman–Crippen LogP) is 3.81. The fraction of sp³-hybridized carbons (Fsp3) is 0.625. The number of rotatable bonds is 7. The summed E-state index contributed by atoms with van der Waals surface area (Å²) in [5.41, 5.74) is 3.03. The van der Waals surface area contributed by atoms with Gasteiger partial charge in [0, 0.05) is 17.5 Å². The van der Waals surface area contributed by atoms with Crippen molar-refractivity contribution in [3.8, 4) is 5.75 Å². The van der Waals surface area contributed by atoms with E-state index >= 15 is 0 Å². The average Bonchev–Trinajstić information content (AvgIpc) is 2.46. The fourth-order valence-electron chi connectivity index (χ4n) is 2.61. The van der Waals surface area contributed by atoms with Crippen molar-refractivity contribution < 1.29 is 4.74 Å². The third kappa shape index (κ3) is 4.15. The predicted molar refractivity (Wildman–Crippen MR) is 84.3 cm³/mol. The highest BCUT2D eigenvalue weighted by molar-refractivity contribution is 7.99. The van der Waals surface area contributed by atoms with Crippen LogP contribution in [0, 0.1) is 0 Å². The highest BCUT2D eigenvalue weighted by Gasteiger charge is 2.20. The van der Waals surface area contributed by atoms with E-state index in [1.807, 2.05) is 0 Å². The Balaban J connectivity index is 1.92. The van der Waals surface area contributed by atoms with Gasteiger partial charge in [0.2, 0.25) is 0 Å². The van der Waals surface area contributed by atoms with Crippen LogP contribution in [0.5, 0.6) is 5.75 Å². The van der Waals surface area contributed by atoms with E-state index in [0.717, 1.165) is 18.8 Å². The van der Waals surface area contributed by atoms with Gasteiger partial charge in [-0.15, -0.1) is 0 Å². The van der Waals surface area contributed by atoms with Gasteiger partial charge in [0.25, 0.3) is 0 Å². The molecule has 2 rings (SSSR count). The Kier molecular flexibility index (Phi) is 6.05. The Morgan fingerprint density at radius 3 is 3.05 bits per heavy atom. The first-order chi connectivity index (χ1) is 9.35. The third-order valence-corrected chi connectivity index (χ3v) is 4.97. The zero-order chi connectivity index (χ0) is 13.5. The van der Waals surface area contributed by atoms with Crippen LogP contribution in [0.1, 0.15) is 42.6 Å². The van der Waals surface area contributed by atoms with Gasteiger partial charge in [0.15, 0.2) is 0 Å². The normalized spacial score (nSPS) is 18.1.